The molecule has 0 fully saturated rings. The van der Waals surface area contributed by atoms with E-state index >= 15 is 0 Å². The predicted molar refractivity (Wildman–Crippen MR) is 164 cm³/mol. The van der Waals surface area contributed by atoms with Gasteiger partial charge in [0.05, 0.1) is 40.7 Å². The van der Waals surface area contributed by atoms with Crippen molar-refractivity contribution < 1.29 is 14.1 Å². The second-order valence-corrected chi connectivity index (χ2v) is 6.77. The van der Waals surface area contributed by atoms with Crippen LogP contribution in [0.2, 0.25) is 5.02 Å². The molecule has 0 radical (unpaired) electrons. The van der Waals surface area contributed by atoms with E-state index in [0.717, 1.165) is 17.7 Å². The molecule has 2 aromatic rings. The normalized spacial score (nSPS) is 15.4. The van der Waals surface area contributed by atoms with Crippen LogP contribution in [0.4, 0.5) is 21.7 Å². The van der Waals surface area contributed by atoms with Crippen molar-refractivity contribution in [2.45, 2.75) is 6.04 Å². The van der Waals surface area contributed by atoms with Gasteiger partial charge >= 0.3 is 321 Å². The predicted octanol–water partition coefficient (Wildman–Crippen LogP) is 0.176. The molecule has 4 rings (SSSR count). The molecular formula is C19H15ClFK10N5O3. The number of methoxy groups -OCH3 is 1. The number of benzene rings is 1. The van der Waals surface area contributed by atoms with Gasteiger partial charge in [0.2, 0.25) is 11.8 Å². The Morgan fingerprint density at radius 2 is 1.64 bits per heavy atom. The number of aromatic nitrogens is 2. The molecule has 0 bridgehead atoms. The summed E-state index contributed by atoms with van der Waals surface area (Å²) in [6.45, 7) is 0. The zero-order chi connectivity index (χ0) is 30.5. The number of ether oxygens (including phenoxy) is 1. The zero-order valence-electron chi connectivity index (χ0n) is 25.1. The Labute approximate surface area is 461 Å². The third kappa shape index (κ3) is 21.1. The quantitative estimate of drug-likeness (QED) is 0.253. The fraction of sp³-hybridized carbons (Fsp3) is 0.158. The minimum absolute atomic E-state index is 0.0710. The maximum atomic E-state index is 13.9. The van der Waals surface area contributed by atoms with Crippen LogP contribution in [-0.2, 0) is 0 Å². The molecule has 39 heavy (non-hydrogen) atoms. The van der Waals surface area contributed by atoms with Crippen molar-refractivity contribution in [1.82, 2.24) is 15.3 Å². The van der Waals surface area contributed by atoms with Gasteiger partial charge < -0.3 is 15.4 Å². The van der Waals surface area contributed by atoms with Gasteiger partial charge in [-0.05, 0) is 0 Å². The van der Waals surface area contributed by atoms with Crippen LogP contribution in [0.3, 0.4) is 0 Å². The van der Waals surface area contributed by atoms with E-state index in [1.807, 2.05) is 24.4 Å². The van der Waals surface area contributed by atoms with Crippen LogP contribution < -0.4 is 15.4 Å². The van der Waals surface area contributed by atoms with E-state index in [4.69, 9.17) is 16.3 Å². The first-order valence-electron chi connectivity index (χ1n) is 13.6. The molecule has 1 aromatic heterocycles. The summed E-state index contributed by atoms with van der Waals surface area (Å²) in [4.78, 5) is 18.8. The number of anilines is 2. The van der Waals surface area contributed by atoms with Crippen molar-refractivity contribution in [2.24, 2.45) is 5.92 Å². The monoisotopic (exact) mass is 805 g/mol. The zero-order valence-corrected chi connectivity index (χ0v) is 57.1. The number of nitrogens with zero attached hydrogens (tertiary/aromatic N) is 3. The van der Waals surface area contributed by atoms with Crippen LogP contribution in [0, 0.1) is 21.8 Å². The van der Waals surface area contributed by atoms with Crippen molar-refractivity contribution in [3.8, 4) is 5.75 Å². The molecule has 0 spiro atoms. The van der Waals surface area contributed by atoms with E-state index in [2.05, 4.69) is 26.7 Å². The number of allylic oxidation sites excluding steroid dienone is 2. The number of halogens is 2. The second kappa shape index (κ2) is 36.5. The molecule has 1 aromatic carbocycles. The summed E-state index contributed by atoms with van der Waals surface area (Å²) in [5, 5.41) is 17.5. The van der Waals surface area contributed by atoms with Gasteiger partial charge in [0.1, 0.15) is 5.75 Å². The Morgan fingerprint density at radius 3 is 2.21 bits per heavy atom. The Morgan fingerprint density at radius 1 is 1.05 bits per heavy atom. The first-order chi connectivity index (χ1) is 19.0. The van der Waals surface area contributed by atoms with Gasteiger partial charge in [0, 0.05) is 29.8 Å². The van der Waals surface area contributed by atoms with Crippen molar-refractivity contribution >= 4 is 350 Å². The Bertz CT molecular complexity index is 1120. The van der Waals surface area contributed by atoms with E-state index in [0.29, 0.717) is 10.7 Å². The average Bonchev–Trinajstić information content (AvgIpc) is 3.44. The van der Waals surface area contributed by atoms with Crippen LogP contribution in [0.5, 0.6) is 5.75 Å². The Balaban J connectivity index is 0. The van der Waals surface area contributed by atoms with Crippen molar-refractivity contribution in [1.29, 1.82) is 0 Å². The topological polar surface area (TPSA) is 102 Å². The van der Waals surface area contributed by atoms with Crippen LogP contribution in [0.15, 0.2) is 48.8 Å². The third-order valence-corrected chi connectivity index (χ3v) is 4.93. The molecule has 0 saturated carbocycles. The average molecular weight is 807 g/mol. The second-order valence-electron chi connectivity index (χ2n) is 6.36. The van der Waals surface area contributed by atoms with Gasteiger partial charge in [-0.3, -0.25) is 10.1 Å². The van der Waals surface area contributed by atoms with Crippen molar-refractivity contribution in [2.75, 3.05) is 12.4 Å². The standard InChI is InChI=1S/C19H15ClFN5O3.10K/c1-29-17-6-13(21)16(26(27)28)7-15(17)24-19-23-9-12(20)18(25-19)11-8-22-14-5-3-2-4-10(11)14;;;;;;;;;;/h2-10,14,22H,1H3,(H,23,24,25);;;;;;;;;;. The number of hydrogen-bond donors (Lipinski definition) is 2. The Kier molecular flexibility index (Phi) is 50.6. The molecule has 0 amide bonds. The van der Waals surface area contributed by atoms with Crippen LogP contribution in [0.25, 0.3) is 5.57 Å². The van der Waals surface area contributed by atoms with Gasteiger partial charge in [-0.2, -0.15) is 4.39 Å². The Hall–Kier alpha value is 12.9. The number of nitro benzene ring substituents is 1. The summed E-state index contributed by atoms with van der Waals surface area (Å²) in [5.41, 5.74) is 0.890. The summed E-state index contributed by atoms with van der Waals surface area (Å²) in [5.74, 6) is -0.708. The molecule has 2 atom stereocenters. The molecule has 1 aliphatic heterocycles. The molecular weight excluding hydrogens is 792 g/mol. The molecule has 20 heteroatoms. The van der Waals surface area contributed by atoms with Gasteiger partial charge in [-0.15, -0.1) is 0 Å². The fourth-order valence-corrected chi connectivity index (χ4v) is 3.47. The summed E-state index contributed by atoms with van der Waals surface area (Å²) in [6.07, 6.45) is 11.3. The molecule has 2 aliphatic rings. The first kappa shape index (κ1) is 54.0. The van der Waals surface area contributed by atoms with E-state index in [1.165, 1.54) is 329 Å². The molecule has 8 nitrogen and oxygen atoms in total. The maximum absolute atomic E-state index is 13.9. The number of rotatable bonds is 5. The molecule has 0 saturated heterocycles. The number of nitro groups is 1. The van der Waals surface area contributed by atoms with Crippen molar-refractivity contribution in [3.63, 3.8) is 0 Å². The van der Waals surface area contributed by atoms with E-state index < -0.39 is 16.4 Å². The number of hydrogen-bond acceptors (Lipinski definition) is 7. The summed E-state index contributed by atoms with van der Waals surface area (Å²) < 4.78 is 19.0. The summed E-state index contributed by atoms with van der Waals surface area (Å²) >= 11 is 18.8. The molecule has 2 heterocycles. The van der Waals surface area contributed by atoms with Crippen LogP contribution in [0.1, 0.15) is 5.69 Å². The van der Waals surface area contributed by atoms with E-state index in [-0.39, 0.29) is 29.3 Å². The van der Waals surface area contributed by atoms with Gasteiger partial charge in [-0.25, -0.2) is 9.97 Å². The van der Waals surface area contributed by atoms with E-state index in [9.17, 15) is 14.5 Å². The van der Waals surface area contributed by atoms with Gasteiger partial charge in [0.25, 0.3) is 0 Å². The van der Waals surface area contributed by atoms with Crippen molar-refractivity contribution in [3.05, 3.63) is 75.5 Å². The SMILES string of the molecule is COc1cc(F)c([N+](=O)[O-])cc1Nc1ncc(Cl)c(C2=CNC3C=CC=CC23)n1.[K][K].[K][K].[K][K].[K][K].[K][K]. The first-order valence-corrected chi connectivity index (χ1v) is 94.0. The molecule has 158 valence electrons. The molecule has 2 N–H and O–H groups in total. The number of nitrogens with one attached hydrogen (secondary N) is 2. The number of fused-ring (bicyclic) bond motifs is 1. The van der Waals surface area contributed by atoms with Gasteiger partial charge in [0.15, 0.2) is 0 Å². The van der Waals surface area contributed by atoms with E-state index in [1.54, 1.807) is 0 Å². The minimum atomic E-state index is -1.000. The van der Waals surface area contributed by atoms with Crippen LogP contribution >= 0.6 is 11.6 Å². The fourth-order valence-electron chi connectivity index (χ4n) is 3.27. The summed E-state index contributed by atoms with van der Waals surface area (Å²) in [6, 6.07) is 2.09. The third-order valence-electron chi connectivity index (χ3n) is 4.65. The molecule has 1 aliphatic carbocycles. The summed E-state index contributed by atoms with van der Waals surface area (Å²) in [7, 11) is 1.33. The molecule has 2 unspecified atom stereocenters. The van der Waals surface area contributed by atoms with Gasteiger partial charge in [-0.1, -0.05) is 35.9 Å². The van der Waals surface area contributed by atoms with Crippen LogP contribution in [-0.4, -0.2) is 344 Å².